The van der Waals surface area contributed by atoms with Gasteiger partial charge in [-0.25, -0.2) is 13.4 Å². The third-order valence-corrected chi connectivity index (χ3v) is 4.78. The molecule has 1 aromatic carbocycles. The smallest absolute Gasteiger partial charge is 0.229 e. The zero-order chi connectivity index (χ0) is 16.3. The molecular formula is C15H20N2O3S2. The summed E-state index contributed by atoms with van der Waals surface area (Å²) in [5.74, 6) is 0. The first kappa shape index (κ1) is 16.9. The van der Waals surface area contributed by atoms with E-state index in [2.05, 4.69) is 9.71 Å². The Balaban J connectivity index is 2.25. The maximum absolute atomic E-state index is 11.2. The second-order valence-electron chi connectivity index (χ2n) is 5.01. The van der Waals surface area contributed by atoms with Gasteiger partial charge in [0.2, 0.25) is 10.0 Å². The second kappa shape index (κ2) is 6.76. The Hall–Kier alpha value is -1.44. The number of aromatic nitrogens is 1. The quantitative estimate of drug-likeness (QED) is 0.872. The van der Waals surface area contributed by atoms with Crippen LogP contribution in [-0.2, 0) is 14.8 Å². The fourth-order valence-corrected chi connectivity index (χ4v) is 3.60. The van der Waals surface area contributed by atoms with Crippen LogP contribution in [0.2, 0.25) is 0 Å². The summed E-state index contributed by atoms with van der Waals surface area (Å²) in [4.78, 5) is 5.77. The molecule has 0 amide bonds. The summed E-state index contributed by atoms with van der Waals surface area (Å²) >= 11 is 1.62. The summed E-state index contributed by atoms with van der Waals surface area (Å²) in [5, 5.41) is 0.952. The molecule has 5 nitrogen and oxygen atoms in total. The molecule has 0 saturated carbocycles. The molecule has 7 heteroatoms. The number of hydrogen-bond donors (Lipinski definition) is 1. The molecule has 0 saturated heterocycles. The molecule has 0 aliphatic rings. The van der Waals surface area contributed by atoms with Crippen molar-refractivity contribution in [3.05, 3.63) is 34.2 Å². The highest BCUT2D eigenvalue weighted by atomic mass is 32.2. The van der Waals surface area contributed by atoms with Gasteiger partial charge in [-0.1, -0.05) is 12.1 Å². The lowest BCUT2D eigenvalue weighted by Crippen LogP contribution is -2.09. The van der Waals surface area contributed by atoms with Gasteiger partial charge in [0, 0.05) is 22.7 Å². The number of sulfonamides is 1. The van der Waals surface area contributed by atoms with E-state index in [4.69, 9.17) is 4.74 Å². The predicted molar refractivity (Wildman–Crippen MR) is 90.8 cm³/mol. The molecule has 2 rings (SSSR count). The van der Waals surface area contributed by atoms with Crippen LogP contribution in [0.3, 0.4) is 0 Å². The van der Waals surface area contributed by atoms with Gasteiger partial charge in [0.15, 0.2) is 0 Å². The Bertz CT molecular complexity index is 737. The highest BCUT2D eigenvalue weighted by Crippen LogP contribution is 2.32. The Morgan fingerprint density at radius 2 is 1.95 bits per heavy atom. The lowest BCUT2D eigenvalue weighted by Gasteiger charge is -2.07. The van der Waals surface area contributed by atoms with Crippen LogP contribution in [0.4, 0.5) is 5.69 Å². The number of ether oxygens (including phenoxy) is 1. The zero-order valence-corrected chi connectivity index (χ0v) is 14.7. The highest BCUT2D eigenvalue weighted by molar-refractivity contribution is 7.92. The summed E-state index contributed by atoms with van der Waals surface area (Å²) in [5.41, 5.74) is 2.42. The van der Waals surface area contributed by atoms with Crippen molar-refractivity contribution in [3.8, 4) is 11.3 Å². The van der Waals surface area contributed by atoms with Crippen molar-refractivity contribution >= 4 is 27.0 Å². The standard InChI is InChI=1S/C15H20N2O3S2/c1-5-20-10(2)15-16-14(11(3)21-15)12-6-8-13(9-7-12)17-22(4,18)19/h6-10,17H,5H2,1-4H3. The molecule has 1 unspecified atom stereocenters. The van der Waals surface area contributed by atoms with Crippen molar-refractivity contribution in [2.45, 2.75) is 26.9 Å². The second-order valence-corrected chi connectivity index (χ2v) is 7.99. The van der Waals surface area contributed by atoms with Crippen molar-refractivity contribution in [1.82, 2.24) is 4.98 Å². The lowest BCUT2D eigenvalue weighted by molar-refractivity contribution is 0.0762. The Morgan fingerprint density at radius 3 is 2.50 bits per heavy atom. The number of aryl methyl sites for hydroxylation is 1. The molecule has 1 aromatic heterocycles. The van der Waals surface area contributed by atoms with E-state index in [-0.39, 0.29) is 6.10 Å². The van der Waals surface area contributed by atoms with Crippen molar-refractivity contribution in [1.29, 1.82) is 0 Å². The van der Waals surface area contributed by atoms with Gasteiger partial charge >= 0.3 is 0 Å². The van der Waals surface area contributed by atoms with Crippen LogP contribution in [0.15, 0.2) is 24.3 Å². The fourth-order valence-electron chi connectivity index (χ4n) is 2.09. The maximum Gasteiger partial charge on any atom is 0.229 e. The predicted octanol–water partition coefficient (Wildman–Crippen LogP) is 3.59. The van der Waals surface area contributed by atoms with Gasteiger partial charge in [-0.05, 0) is 32.9 Å². The van der Waals surface area contributed by atoms with Gasteiger partial charge in [-0.2, -0.15) is 0 Å². The van der Waals surface area contributed by atoms with Crippen LogP contribution in [0.5, 0.6) is 0 Å². The van der Waals surface area contributed by atoms with E-state index in [0.717, 1.165) is 27.4 Å². The molecule has 0 aliphatic heterocycles. The first-order valence-corrected chi connectivity index (χ1v) is 9.68. The molecule has 0 fully saturated rings. The van der Waals surface area contributed by atoms with Gasteiger partial charge in [0.25, 0.3) is 0 Å². The van der Waals surface area contributed by atoms with E-state index in [9.17, 15) is 8.42 Å². The van der Waals surface area contributed by atoms with Gasteiger partial charge in [-0.15, -0.1) is 11.3 Å². The first-order valence-electron chi connectivity index (χ1n) is 6.97. The van der Waals surface area contributed by atoms with Crippen molar-refractivity contribution in [2.75, 3.05) is 17.6 Å². The van der Waals surface area contributed by atoms with E-state index < -0.39 is 10.0 Å². The van der Waals surface area contributed by atoms with Crippen molar-refractivity contribution in [2.24, 2.45) is 0 Å². The van der Waals surface area contributed by atoms with E-state index in [1.807, 2.05) is 32.9 Å². The fraction of sp³-hybridized carbons (Fsp3) is 0.400. The molecule has 0 aliphatic carbocycles. The summed E-state index contributed by atoms with van der Waals surface area (Å²) in [6.45, 7) is 6.63. The molecular weight excluding hydrogens is 320 g/mol. The summed E-state index contributed by atoms with van der Waals surface area (Å²) in [7, 11) is -3.26. The third kappa shape index (κ3) is 4.28. The molecule has 0 bridgehead atoms. The highest BCUT2D eigenvalue weighted by Gasteiger charge is 2.15. The van der Waals surface area contributed by atoms with Crippen molar-refractivity contribution < 1.29 is 13.2 Å². The Morgan fingerprint density at radius 1 is 1.32 bits per heavy atom. The van der Waals surface area contributed by atoms with Gasteiger partial charge in [0.05, 0.1) is 11.9 Å². The van der Waals surface area contributed by atoms with E-state index >= 15 is 0 Å². The minimum Gasteiger partial charge on any atom is -0.372 e. The number of nitrogens with zero attached hydrogens (tertiary/aromatic N) is 1. The van der Waals surface area contributed by atoms with Crippen LogP contribution in [0, 0.1) is 6.92 Å². The first-order chi connectivity index (χ1) is 10.3. The van der Waals surface area contributed by atoms with Crippen LogP contribution in [0.25, 0.3) is 11.3 Å². The third-order valence-electron chi connectivity index (χ3n) is 3.04. The van der Waals surface area contributed by atoms with Crippen LogP contribution < -0.4 is 4.72 Å². The van der Waals surface area contributed by atoms with Gasteiger partial charge in [-0.3, -0.25) is 4.72 Å². The number of rotatable bonds is 6. The summed E-state index contributed by atoms with van der Waals surface area (Å²) in [6, 6.07) is 7.21. The molecule has 120 valence electrons. The molecule has 0 radical (unpaired) electrons. The minimum atomic E-state index is -3.26. The number of thiazole rings is 1. The van der Waals surface area contributed by atoms with Crippen LogP contribution >= 0.6 is 11.3 Å². The number of nitrogens with one attached hydrogen (secondary N) is 1. The van der Waals surface area contributed by atoms with Crippen LogP contribution in [0.1, 0.15) is 29.8 Å². The summed E-state index contributed by atoms with van der Waals surface area (Å²) < 4.78 is 30.5. The zero-order valence-electron chi connectivity index (χ0n) is 13.1. The van der Waals surface area contributed by atoms with Crippen molar-refractivity contribution in [3.63, 3.8) is 0 Å². The number of anilines is 1. The lowest BCUT2D eigenvalue weighted by atomic mass is 10.1. The van der Waals surface area contributed by atoms with E-state index in [0.29, 0.717) is 12.3 Å². The maximum atomic E-state index is 11.2. The Kier molecular flexibility index (Phi) is 5.20. The van der Waals surface area contributed by atoms with Gasteiger partial charge in [0.1, 0.15) is 11.1 Å². The molecule has 2 aromatic rings. The molecule has 1 heterocycles. The number of hydrogen-bond acceptors (Lipinski definition) is 5. The summed E-state index contributed by atoms with van der Waals surface area (Å²) in [6.07, 6.45) is 1.11. The largest absolute Gasteiger partial charge is 0.372 e. The molecule has 1 N–H and O–H groups in total. The Labute approximate surface area is 135 Å². The SMILES string of the molecule is CCOC(C)c1nc(-c2ccc(NS(C)(=O)=O)cc2)c(C)s1. The minimum absolute atomic E-state index is 0.0198. The topological polar surface area (TPSA) is 68.3 Å². The number of benzene rings is 1. The van der Waals surface area contributed by atoms with Gasteiger partial charge < -0.3 is 4.74 Å². The normalized spacial score (nSPS) is 13.1. The van der Waals surface area contributed by atoms with Crippen LogP contribution in [-0.4, -0.2) is 26.3 Å². The monoisotopic (exact) mass is 340 g/mol. The molecule has 22 heavy (non-hydrogen) atoms. The van der Waals surface area contributed by atoms with E-state index in [1.54, 1.807) is 23.5 Å². The average Bonchev–Trinajstić information content (AvgIpc) is 2.80. The molecule has 0 spiro atoms. The average molecular weight is 340 g/mol. The van der Waals surface area contributed by atoms with E-state index in [1.165, 1.54) is 0 Å². The molecule has 1 atom stereocenters.